The lowest BCUT2D eigenvalue weighted by Crippen LogP contribution is -2.21. The van der Waals surface area contributed by atoms with Crippen LogP contribution in [0.1, 0.15) is 31.4 Å². The van der Waals surface area contributed by atoms with E-state index in [1.165, 1.54) is 24.0 Å². The molecule has 0 unspecified atom stereocenters. The maximum atomic E-state index is 9.27. The van der Waals surface area contributed by atoms with Gasteiger partial charge in [0, 0.05) is 6.61 Å². The number of hydrogen-bond acceptors (Lipinski definition) is 1. The van der Waals surface area contributed by atoms with E-state index >= 15 is 0 Å². The monoisotopic (exact) mass is 204 g/mol. The molecule has 1 heteroatoms. The summed E-state index contributed by atoms with van der Waals surface area (Å²) in [6, 6.07) is 8.72. The zero-order chi connectivity index (χ0) is 10.9. The van der Waals surface area contributed by atoms with E-state index in [1.807, 2.05) is 0 Å². The molecule has 0 amide bonds. The highest BCUT2D eigenvalue weighted by atomic mass is 16.3. The van der Waals surface area contributed by atoms with Crippen molar-refractivity contribution in [1.82, 2.24) is 0 Å². The summed E-state index contributed by atoms with van der Waals surface area (Å²) in [5, 5.41) is 9.27. The Morgan fingerprint density at radius 2 is 1.73 bits per heavy atom. The first kappa shape index (κ1) is 10.7. The van der Waals surface area contributed by atoms with Crippen molar-refractivity contribution in [3.05, 3.63) is 35.4 Å². The molecule has 0 fully saturated rings. The van der Waals surface area contributed by atoms with Crippen LogP contribution in [0.2, 0.25) is 0 Å². The van der Waals surface area contributed by atoms with Crippen molar-refractivity contribution < 1.29 is 5.11 Å². The first-order valence-electron chi connectivity index (χ1n) is 5.78. The Morgan fingerprint density at radius 1 is 1.20 bits per heavy atom. The average Bonchev–Trinajstić information content (AvgIpc) is 2.58. The molecule has 1 aliphatic carbocycles. The van der Waals surface area contributed by atoms with Crippen LogP contribution in [0.3, 0.4) is 0 Å². The molecule has 82 valence electrons. The molecule has 1 aromatic carbocycles. The molecule has 1 aliphatic rings. The van der Waals surface area contributed by atoms with Crippen molar-refractivity contribution >= 4 is 0 Å². The van der Waals surface area contributed by atoms with Crippen molar-refractivity contribution in [1.29, 1.82) is 0 Å². The first-order chi connectivity index (χ1) is 7.11. The first-order valence-corrected chi connectivity index (χ1v) is 5.78. The lowest BCUT2D eigenvalue weighted by atomic mass is 9.82. The van der Waals surface area contributed by atoms with Crippen molar-refractivity contribution in [3.63, 3.8) is 0 Å². The fraction of sp³-hybridized carbons (Fsp3) is 0.571. The van der Waals surface area contributed by atoms with E-state index < -0.39 is 0 Å². The molecule has 0 saturated carbocycles. The van der Waals surface area contributed by atoms with Gasteiger partial charge in [-0.15, -0.1) is 0 Å². The highest BCUT2D eigenvalue weighted by Crippen LogP contribution is 2.34. The molecule has 1 nitrogen and oxygen atoms in total. The molecule has 0 saturated heterocycles. The highest BCUT2D eigenvalue weighted by Gasteiger charge is 2.27. The van der Waals surface area contributed by atoms with E-state index in [0.29, 0.717) is 6.61 Å². The van der Waals surface area contributed by atoms with Crippen LogP contribution < -0.4 is 0 Å². The smallest absolute Gasteiger partial charge is 0.0482 e. The molecule has 1 aromatic rings. The molecule has 0 heterocycles. The van der Waals surface area contributed by atoms with Crippen molar-refractivity contribution in [2.75, 3.05) is 6.61 Å². The summed E-state index contributed by atoms with van der Waals surface area (Å²) < 4.78 is 0. The predicted molar refractivity (Wildman–Crippen MR) is 62.8 cm³/mol. The van der Waals surface area contributed by atoms with E-state index in [9.17, 15) is 5.11 Å². The molecule has 2 rings (SSSR count). The molecule has 0 radical (unpaired) electrons. The van der Waals surface area contributed by atoms with Gasteiger partial charge in [0.25, 0.3) is 0 Å². The fourth-order valence-electron chi connectivity index (χ4n) is 2.64. The minimum absolute atomic E-state index is 0.0761. The Bertz CT molecular complexity index is 316. The molecule has 0 aromatic heterocycles. The Labute approximate surface area is 92.1 Å². The third-order valence-electron chi connectivity index (χ3n) is 3.40. The molecule has 1 N–H and O–H groups in total. The highest BCUT2D eigenvalue weighted by molar-refractivity contribution is 5.32. The van der Waals surface area contributed by atoms with E-state index in [4.69, 9.17) is 0 Å². The van der Waals surface area contributed by atoms with Crippen LogP contribution in [0.5, 0.6) is 0 Å². The maximum absolute atomic E-state index is 9.27. The van der Waals surface area contributed by atoms with Crippen molar-refractivity contribution in [2.45, 2.75) is 33.1 Å². The fourth-order valence-corrected chi connectivity index (χ4v) is 2.64. The molecule has 0 aliphatic heterocycles. The van der Waals surface area contributed by atoms with Crippen LogP contribution in [0.25, 0.3) is 0 Å². The SMILES string of the molecule is CC(C)(CO)CC1Cc2ccccc2C1. The summed E-state index contributed by atoms with van der Waals surface area (Å²) in [5.41, 5.74) is 3.10. The normalized spacial score (nSPS) is 16.7. The van der Waals surface area contributed by atoms with Gasteiger partial charge in [-0.25, -0.2) is 0 Å². The number of rotatable bonds is 3. The molecular formula is C14H20O. The van der Waals surface area contributed by atoms with Crippen LogP contribution in [-0.2, 0) is 12.8 Å². The average molecular weight is 204 g/mol. The van der Waals surface area contributed by atoms with E-state index in [-0.39, 0.29) is 5.41 Å². The maximum Gasteiger partial charge on any atom is 0.0482 e. The van der Waals surface area contributed by atoms with Crippen LogP contribution in [-0.4, -0.2) is 11.7 Å². The van der Waals surface area contributed by atoms with Gasteiger partial charge in [0.2, 0.25) is 0 Å². The summed E-state index contributed by atoms with van der Waals surface area (Å²) in [6.45, 7) is 4.59. The van der Waals surface area contributed by atoms with Crippen molar-refractivity contribution in [3.8, 4) is 0 Å². The van der Waals surface area contributed by atoms with Crippen LogP contribution in [0.4, 0.5) is 0 Å². The number of aliphatic hydroxyl groups is 1. The molecule has 0 bridgehead atoms. The summed E-state index contributed by atoms with van der Waals surface area (Å²) in [6.07, 6.45) is 3.51. The van der Waals surface area contributed by atoms with Gasteiger partial charge in [-0.3, -0.25) is 0 Å². The van der Waals surface area contributed by atoms with Gasteiger partial charge in [-0.2, -0.15) is 0 Å². The Morgan fingerprint density at radius 3 is 2.20 bits per heavy atom. The number of aliphatic hydroxyl groups excluding tert-OH is 1. The van der Waals surface area contributed by atoms with Gasteiger partial charge >= 0.3 is 0 Å². The number of fused-ring (bicyclic) bond motifs is 1. The van der Waals surface area contributed by atoms with Gasteiger partial charge in [-0.05, 0) is 41.7 Å². The van der Waals surface area contributed by atoms with Crippen LogP contribution >= 0.6 is 0 Å². The standard InChI is InChI=1S/C14H20O/c1-14(2,10-15)9-11-7-12-5-3-4-6-13(12)8-11/h3-6,11,15H,7-10H2,1-2H3. The summed E-state index contributed by atoms with van der Waals surface area (Å²) in [7, 11) is 0. The summed E-state index contributed by atoms with van der Waals surface area (Å²) in [4.78, 5) is 0. The van der Waals surface area contributed by atoms with E-state index in [0.717, 1.165) is 12.3 Å². The van der Waals surface area contributed by atoms with E-state index in [1.54, 1.807) is 0 Å². The second-order valence-electron chi connectivity index (χ2n) is 5.57. The molecule has 0 atom stereocenters. The quantitative estimate of drug-likeness (QED) is 0.802. The topological polar surface area (TPSA) is 20.2 Å². The van der Waals surface area contributed by atoms with Crippen molar-refractivity contribution in [2.24, 2.45) is 11.3 Å². The largest absolute Gasteiger partial charge is 0.396 e. The second kappa shape index (κ2) is 3.97. The van der Waals surface area contributed by atoms with Gasteiger partial charge in [-0.1, -0.05) is 38.1 Å². The summed E-state index contributed by atoms with van der Waals surface area (Å²) in [5.74, 6) is 0.726. The zero-order valence-electron chi connectivity index (χ0n) is 9.66. The van der Waals surface area contributed by atoms with E-state index in [2.05, 4.69) is 38.1 Å². The summed E-state index contributed by atoms with van der Waals surface area (Å²) >= 11 is 0. The lowest BCUT2D eigenvalue weighted by Gasteiger charge is -2.25. The van der Waals surface area contributed by atoms with Gasteiger partial charge in [0.1, 0.15) is 0 Å². The van der Waals surface area contributed by atoms with Crippen LogP contribution in [0.15, 0.2) is 24.3 Å². The Balaban J connectivity index is 2.02. The predicted octanol–water partition coefficient (Wildman–Crippen LogP) is 2.81. The van der Waals surface area contributed by atoms with Gasteiger partial charge in [0.05, 0.1) is 0 Å². The molecule has 15 heavy (non-hydrogen) atoms. The third-order valence-corrected chi connectivity index (χ3v) is 3.40. The number of hydrogen-bond donors (Lipinski definition) is 1. The van der Waals surface area contributed by atoms with Gasteiger partial charge in [0.15, 0.2) is 0 Å². The second-order valence-corrected chi connectivity index (χ2v) is 5.57. The zero-order valence-corrected chi connectivity index (χ0v) is 9.66. The molecular weight excluding hydrogens is 184 g/mol. The third kappa shape index (κ3) is 2.40. The lowest BCUT2D eigenvalue weighted by molar-refractivity contribution is 0.131. The van der Waals surface area contributed by atoms with Crippen LogP contribution in [0, 0.1) is 11.3 Å². The molecule has 0 spiro atoms. The Kier molecular flexibility index (Phi) is 2.83. The minimum atomic E-state index is 0.0761. The number of benzene rings is 1. The van der Waals surface area contributed by atoms with Gasteiger partial charge < -0.3 is 5.11 Å². The minimum Gasteiger partial charge on any atom is -0.396 e. The Hall–Kier alpha value is -0.820.